The van der Waals surface area contributed by atoms with E-state index in [0.29, 0.717) is 48.8 Å². The number of para-hydroxylation sites is 4. The molecule has 0 amide bonds. The Morgan fingerprint density at radius 3 is 1.25 bits per heavy atom. The van der Waals surface area contributed by atoms with Crippen molar-refractivity contribution in [1.29, 1.82) is 0 Å². The molecule has 2 atom stereocenters. The quantitative estimate of drug-likeness (QED) is 0.141. The molecule has 0 radical (unpaired) electrons. The van der Waals surface area contributed by atoms with Crippen LogP contribution < -0.4 is 0 Å². The van der Waals surface area contributed by atoms with E-state index in [1.54, 1.807) is 41.0 Å². The van der Waals surface area contributed by atoms with Crippen molar-refractivity contribution in [3.05, 3.63) is 109 Å². The lowest BCUT2D eigenvalue weighted by atomic mass is 10.3. The molecule has 9 aromatic rings. The van der Waals surface area contributed by atoms with Gasteiger partial charge in [-0.15, -0.1) is 0 Å². The van der Waals surface area contributed by atoms with E-state index >= 15 is 0 Å². The molecule has 9 rings (SSSR count). The summed E-state index contributed by atoms with van der Waals surface area (Å²) in [4.78, 5) is 20.2. The van der Waals surface area contributed by atoms with E-state index < -0.39 is 21.5 Å². The van der Waals surface area contributed by atoms with Gasteiger partial charge in [0.2, 0.25) is 9.40 Å². The number of aromatic nitrogens is 6. The van der Waals surface area contributed by atoms with Crippen LogP contribution in [0.2, 0.25) is 0 Å². The second-order valence-electron chi connectivity index (χ2n) is 9.94. The topological polar surface area (TPSA) is 134 Å². The van der Waals surface area contributed by atoms with Gasteiger partial charge in [-0.3, -0.25) is 9.13 Å². The maximum Gasteiger partial charge on any atom is 0.331 e. The predicted octanol–water partition coefficient (Wildman–Crippen LogP) is 8.10. The Balaban J connectivity index is 1.56. The molecule has 0 aliphatic rings. The van der Waals surface area contributed by atoms with Gasteiger partial charge in [0.05, 0.1) is 0 Å². The minimum Gasteiger partial charge on any atom is -0.588 e. The molecule has 0 fully saturated rings. The Hall–Kier alpha value is -5.40. The van der Waals surface area contributed by atoms with Gasteiger partial charge < -0.3 is 17.9 Å². The van der Waals surface area contributed by atoms with Gasteiger partial charge >= 0.3 is 21.1 Å². The first kappa shape index (κ1) is 25.1. The highest BCUT2D eigenvalue weighted by Crippen LogP contribution is 2.38. The van der Waals surface area contributed by atoms with Gasteiger partial charge in [-0.1, -0.05) is 60.7 Å². The standard InChI is InChI=1S/C32H18N6O4S2/c39-43-23-17-9-7-15-21(23)41-29-31(43)35-27-25(33-29)37(19-11-3-1-4-12-19)26-28(38(27)20-13-5-2-6-14-20)36-32-30(34-26)42-22-16-8-10-18-24(22)44(32)40/h1-18H. The van der Waals surface area contributed by atoms with Crippen molar-refractivity contribution in [2.75, 3.05) is 0 Å². The molecule has 10 nitrogen and oxygen atoms in total. The number of fused-ring (bicyclic) bond motifs is 6. The highest BCUT2D eigenvalue weighted by molar-refractivity contribution is 7.36. The molecule has 0 aliphatic heterocycles. The van der Waals surface area contributed by atoms with E-state index in [0.717, 1.165) is 5.69 Å². The second-order valence-corrected chi connectivity index (χ2v) is 12.7. The smallest absolute Gasteiger partial charge is 0.331 e. The summed E-state index contributed by atoms with van der Waals surface area (Å²) in [5, 5.41) is 0. The molecule has 5 heterocycles. The average Bonchev–Trinajstić information content (AvgIpc) is 3.07. The first-order valence-electron chi connectivity index (χ1n) is 13.6. The Bertz CT molecular complexity index is 2500. The van der Waals surface area contributed by atoms with E-state index in [2.05, 4.69) is 0 Å². The molecule has 0 saturated heterocycles. The van der Waals surface area contributed by atoms with Crippen LogP contribution in [0.1, 0.15) is 0 Å². The lowest BCUT2D eigenvalue weighted by Gasteiger charge is -2.19. The van der Waals surface area contributed by atoms with E-state index in [9.17, 15) is 9.11 Å². The fourth-order valence-corrected chi connectivity index (χ4v) is 7.62. The molecule has 44 heavy (non-hydrogen) atoms. The SMILES string of the molecule is [O-][s+]1c2ccccc2oc2nc3c(nc21)n(-c1ccccc1)c1nc2c(nc1n3-c1ccccc1)oc1ccccc1[s+]2[O-]. The van der Waals surface area contributed by atoms with Crippen LogP contribution in [-0.4, -0.2) is 38.2 Å². The number of nitrogens with zero attached hydrogens (tertiary/aromatic N) is 6. The van der Waals surface area contributed by atoms with E-state index in [-0.39, 0.29) is 21.1 Å². The number of hydrogen-bond donors (Lipinski definition) is 0. The molecule has 0 bridgehead atoms. The molecule has 4 aromatic carbocycles. The summed E-state index contributed by atoms with van der Waals surface area (Å²) in [5.41, 5.74) is 4.10. The van der Waals surface area contributed by atoms with Crippen LogP contribution in [0.4, 0.5) is 0 Å². The molecular formula is C32H18N6O4S2. The first-order chi connectivity index (χ1) is 21.7. The van der Waals surface area contributed by atoms with Crippen LogP contribution in [0.5, 0.6) is 0 Å². The zero-order chi connectivity index (χ0) is 29.4. The van der Waals surface area contributed by atoms with Crippen LogP contribution in [0.3, 0.4) is 0 Å². The fraction of sp³-hybridized carbons (Fsp3) is 0. The number of hydrogen-bond acceptors (Lipinski definition) is 8. The minimum atomic E-state index is -1.65. The van der Waals surface area contributed by atoms with Crippen LogP contribution in [0.15, 0.2) is 118 Å². The fourth-order valence-electron chi connectivity index (χ4n) is 5.39. The van der Waals surface area contributed by atoms with Crippen LogP contribution in [-0.2, 0) is 0 Å². The maximum absolute atomic E-state index is 13.8. The zero-order valence-electron chi connectivity index (χ0n) is 22.5. The lowest BCUT2D eigenvalue weighted by molar-refractivity contribution is 0.595. The Morgan fingerprint density at radius 1 is 0.455 bits per heavy atom. The summed E-state index contributed by atoms with van der Waals surface area (Å²) in [6.45, 7) is 0. The van der Waals surface area contributed by atoms with Gasteiger partial charge in [-0.05, 0) is 57.9 Å². The van der Waals surface area contributed by atoms with Crippen LogP contribution in [0, 0.1) is 0 Å². The normalized spacial score (nSPS) is 12.7. The summed E-state index contributed by atoms with van der Waals surface area (Å²) in [5.74, 6) is 0. The molecular weight excluding hydrogens is 597 g/mol. The molecule has 12 heteroatoms. The third-order valence-corrected chi connectivity index (χ3v) is 10.0. The number of rotatable bonds is 2. The Morgan fingerprint density at radius 2 is 0.818 bits per heavy atom. The third-order valence-electron chi connectivity index (χ3n) is 7.33. The maximum atomic E-state index is 13.8. The monoisotopic (exact) mass is 614 g/mol. The average molecular weight is 615 g/mol. The van der Waals surface area contributed by atoms with Crippen molar-refractivity contribution in [1.82, 2.24) is 29.1 Å². The van der Waals surface area contributed by atoms with Crippen molar-refractivity contribution in [3.63, 3.8) is 0 Å². The van der Waals surface area contributed by atoms with Crippen molar-refractivity contribution in [2.45, 2.75) is 0 Å². The molecule has 0 spiro atoms. The van der Waals surface area contributed by atoms with Crippen molar-refractivity contribution < 1.29 is 17.9 Å². The second kappa shape index (κ2) is 9.56. The Labute approximate surface area is 252 Å². The third kappa shape index (κ3) is 3.66. The van der Waals surface area contributed by atoms with E-state index in [4.69, 9.17) is 28.8 Å². The summed E-state index contributed by atoms with van der Waals surface area (Å²) >= 11 is 0. The van der Waals surface area contributed by atoms with Gasteiger partial charge in [0.15, 0.2) is 33.8 Å². The van der Waals surface area contributed by atoms with Gasteiger partial charge in [-0.2, -0.15) is 19.9 Å². The summed E-state index contributed by atoms with van der Waals surface area (Å²) < 4.78 is 44.5. The molecule has 5 aromatic heterocycles. The van der Waals surface area contributed by atoms with Crippen LogP contribution >= 0.6 is 21.5 Å². The minimum absolute atomic E-state index is 0.135. The van der Waals surface area contributed by atoms with Crippen molar-refractivity contribution in [2.24, 2.45) is 0 Å². The highest BCUT2D eigenvalue weighted by atomic mass is 32.2. The largest absolute Gasteiger partial charge is 0.588 e. The van der Waals surface area contributed by atoms with E-state index in [1.807, 2.05) is 77.4 Å². The summed E-state index contributed by atoms with van der Waals surface area (Å²) in [6.07, 6.45) is 0. The highest BCUT2D eigenvalue weighted by Gasteiger charge is 2.26. The predicted molar refractivity (Wildman–Crippen MR) is 170 cm³/mol. The van der Waals surface area contributed by atoms with Gasteiger partial charge in [-0.25, -0.2) is 0 Å². The van der Waals surface area contributed by atoms with E-state index in [1.165, 1.54) is 0 Å². The molecule has 0 saturated carbocycles. The van der Waals surface area contributed by atoms with Crippen LogP contribution in [0.25, 0.3) is 75.6 Å². The van der Waals surface area contributed by atoms with Crippen molar-refractivity contribution in [3.8, 4) is 11.4 Å². The molecule has 2 unspecified atom stereocenters. The first-order valence-corrected chi connectivity index (χ1v) is 15.9. The Kier molecular flexibility index (Phi) is 5.46. The number of benzene rings is 4. The lowest BCUT2D eigenvalue weighted by Crippen LogP contribution is -2.13. The van der Waals surface area contributed by atoms with Gasteiger partial charge in [0, 0.05) is 23.5 Å². The summed E-state index contributed by atoms with van der Waals surface area (Å²) in [7, 11) is -3.31. The van der Waals surface area contributed by atoms with Crippen molar-refractivity contribution >= 4 is 85.7 Å². The zero-order valence-corrected chi connectivity index (χ0v) is 24.2. The molecule has 0 aliphatic carbocycles. The van der Waals surface area contributed by atoms with Gasteiger partial charge in [0.1, 0.15) is 0 Å². The summed E-state index contributed by atoms with van der Waals surface area (Å²) in [6, 6.07) is 33.3. The molecule has 212 valence electrons. The van der Waals surface area contributed by atoms with Gasteiger partial charge in [0.25, 0.3) is 0 Å². The molecule has 0 N–H and O–H groups in total.